The van der Waals surface area contributed by atoms with Crippen molar-refractivity contribution in [3.8, 4) is 0 Å². The first-order chi connectivity index (χ1) is 14.0. The van der Waals surface area contributed by atoms with Crippen LogP contribution >= 0.6 is 23.2 Å². The topological polar surface area (TPSA) is 52.7 Å². The van der Waals surface area contributed by atoms with Gasteiger partial charge in [-0.3, -0.25) is 14.5 Å². The number of nitrogens with zero attached hydrogens (tertiary/aromatic N) is 2. The Hall–Kier alpha value is -2.34. The molecule has 1 aliphatic heterocycles. The Balaban J connectivity index is 1.42. The summed E-state index contributed by atoms with van der Waals surface area (Å²) in [5.74, 6) is -0.0849. The van der Waals surface area contributed by atoms with Crippen LogP contribution in [0.3, 0.4) is 0 Å². The van der Waals surface area contributed by atoms with Crippen molar-refractivity contribution in [1.82, 2.24) is 15.1 Å². The van der Waals surface area contributed by atoms with Crippen LogP contribution in [0.15, 0.2) is 54.6 Å². The first-order valence-corrected chi connectivity index (χ1v) is 10.2. The molecule has 1 aliphatic rings. The van der Waals surface area contributed by atoms with Crippen LogP contribution in [0, 0.1) is 0 Å². The minimum absolute atomic E-state index is 0.0101. The fourth-order valence-corrected chi connectivity index (χ4v) is 3.45. The molecule has 0 saturated carbocycles. The highest BCUT2D eigenvalue weighted by Gasteiger charge is 2.21. The van der Waals surface area contributed by atoms with Crippen LogP contribution < -0.4 is 5.32 Å². The summed E-state index contributed by atoms with van der Waals surface area (Å²) >= 11 is 12.1. The molecule has 2 aromatic carbocycles. The standard InChI is InChI=1S/C22H23Cl2N3O2/c23-19-7-8-20(24)18(14-19)6-9-22(29)27-12-10-26(11-13-27)16-21(28)25-15-17-4-2-1-3-5-17/h1-9,14H,10-13,15-16H2,(H,25,28)/b9-6+. The number of benzene rings is 2. The van der Waals surface area contributed by atoms with E-state index in [-0.39, 0.29) is 11.8 Å². The Morgan fingerprint density at radius 3 is 2.45 bits per heavy atom. The third kappa shape index (κ3) is 6.60. The number of carbonyl (C=O) groups excluding carboxylic acids is 2. The number of hydrogen-bond donors (Lipinski definition) is 1. The number of hydrogen-bond acceptors (Lipinski definition) is 3. The molecule has 0 aromatic heterocycles. The van der Waals surface area contributed by atoms with Crippen molar-refractivity contribution in [2.45, 2.75) is 6.54 Å². The number of rotatable bonds is 6. The quantitative estimate of drug-likeness (QED) is 0.712. The molecule has 1 heterocycles. The smallest absolute Gasteiger partial charge is 0.246 e. The van der Waals surface area contributed by atoms with Crippen molar-refractivity contribution in [3.05, 3.63) is 75.8 Å². The third-order valence-corrected chi connectivity index (χ3v) is 5.33. The third-order valence-electron chi connectivity index (χ3n) is 4.75. The van der Waals surface area contributed by atoms with Gasteiger partial charge < -0.3 is 10.2 Å². The second-order valence-electron chi connectivity index (χ2n) is 6.86. The molecular weight excluding hydrogens is 409 g/mol. The molecule has 2 amide bonds. The molecule has 0 aliphatic carbocycles. The molecule has 29 heavy (non-hydrogen) atoms. The molecule has 152 valence electrons. The largest absolute Gasteiger partial charge is 0.351 e. The fourth-order valence-electron chi connectivity index (χ4n) is 3.09. The van der Waals surface area contributed by atoms with Crippen LogP contribution in [0.1, 0.15) is 11.1 Å². The van der Waals surface area contributed by atoms with Gasteiger partial charge in [-0.25, -0.2) is 0 Å². The molecule has 7 heteroatoms. The normalized spacial score (nSPS) is 14.9. The monoisotopic (exact) mass is 431 g/mol. The van der Waals surface area contributed by atoms with Crippen LogP contribution in [0.5, 0.6) is 0 Å². The zero-order valence-electron chi connectivity index (χ0n) is 16.0. The maximum absolute atomic E-state index is 12.4. The van der Waals surface area contributed by atoms with Crippen LogP contribution in [0.25, 0.3) is 6.08 Å². The van der Waals surface area contributed by atoms with E-state index in [4.69, 9.17) is 23.2 Å². The van der Waals surface area contributed by atoms with Gasteiger partial charge in [0.2, 0.25) is 11.8 Å². The van der Waals surface area contributed by atoms with Crippen LogP contribution in [-0.2, 0) is 16.1 Å². The van der Waals surface area contributed by atoms with E-state index in [1.54, 1.807) is 29.2 Å². The van der Waals surface area contributed by atoms with Crippen LogP contribution in [-0.4, -0.2) is 54.3 Å². The van der Waals surface area contributed by atoms with Crippen molar-refractivity contribution < 1.29 is 9.59 Å². The molecular formula is C22H23Cl2N3O2. The van der Waals surface area contributed by atoms with Crippen LogP contribution in [0.4, 0.5) is 0 Å². The Bertz CT molecular complexity index is 879. The van der Waals surface area contributed by atoms with Crippen molar-refractivity contribution in [1.29, 1.82) is 0 Å². The van der Waals surface area contributed by atoms with E-state index in [1.165, 1.54) is 6.08 Å². The van der Waals surface area contributed by atoms with Gasteiger partial charge in [0.05, 0.1) is 6.54 Å². The molecule has 5 nitrogen and oxygen atoms in total. The van der Waals surface area contributed by atoms with E-state index in [9.17, 15) is 9.59 Å². The van der Waals surface area contributed by atoms with Crippen molar-refractivity contribution in [2.24, 2.45) is 0 Å². The fraction of sp³-hybridized carbons (Fsp3) is 0.273. The molecule has 1 N–H and O–H groups in total. The summed E-state index contributed by atoms with van der Waals surface area (Å²) < 4.78 is 0. The maximum Gasteiger partial charge on any atom is 0.246 e. The minimum Gasteiger partial charge on any atom is -0.351 e. The molecule has 3 rings (SSSR count). The summed E-state index contributed by atoms with van der Waals surface area (Å²) in [6.45, 7) is 3.35. The molecule has 2 aromatic rings. The predicted molar refractivity (Wildman–Crippen MR) is 117 cm³/mol. The second-order valence-corrected chi connectivity index (χ2v) is 7.71. The van der Waals surface area contributed by atoms with Crippen molar-refractivity contribution >= 4 is 41.1 Å². The predicted octanol–water partition coefficient (Wildman–Crippen LogP) is 3.47. The SMILES string of the molecule is O=C(CN1CCN(C(=O)/C=C/c2cc(Cl)ccc2Cl)CC1)NCc1ccccc1. The number of halogens is 2. The second kappa shape index (κ2) is 10.4. The zero-order chi connectivity index (χ0) is 20.6. The van der Waals surface area contributed by atoms with Gasteiger partial charge in [0.15, 0.2) is 0 Å². The van der Waals surface area contributed by atoms with Crippen molar-refractivity contribution in [3.63, 3.8) is 0 Å². The molecule has 0 atom stereocenters. The van der Waals surface area contributed by atoms with Gasteiger partial charge in [-0.05, 0) is 35.4 Å². The lowest BCUT2D eigenvalue weighted by Crippen LogP contribution is -2.50. The van der Waals surface area contributed by atoms with E-state index in [0.717, 1.165) is 5.56 Å². The van der Waals surface area contributed by atoms with Crippen molar-refractivity contribution in [2.75, 3.05) is 32.7 Å². The first-order valence-electron chi connectivity index (χ1n) is 9.46. The average molecular weight is 432 g/mol. The van der Waals surface area contributed by atoms with Gasteiger partial charge in [0.1, 0.15) is 0 Å². The maximum atomic E-state index is 12.4. The van der Waals surface area contributed by atoms with E-state index in [0.29, 0.717) is 54.9 Å². The Morgan fingerprint density at radius 2 is 1.72 bits per heavy atom. The summed E-state index contributed by atoms with van der Waals surface area (Å²) in [7, 11) is 0. The molecule has 1 fully saturated rings. The Labute approximate surface area is 180 Å². The number of piperazine rings is 1. The highest BCUT2D eigenvalue weighted by molar-refractivity contribution is 6.34. The van der Waals surface area contributed by atoms with Gasteiger partial charge >= 0.3 is 0 Å². The Morgan fingerprint density at radius 1 is 1.00 bits per heavy atom. The zero-order valence-corrected chi connectivity index (χ0v) is 17.5. The summed E-state index contributed by atoms with van der Waals surface area (Å²) in [4.78, 5) is 28.4. The summed E-state index contributed by atoms with van der Waals surface area (Å²) in [5, 5.41) is 4.05. The first kappa shape index (κ1) is 21.4. The molecule has 1 saturated heterocycles. The Kier molecular flexibility index (Phi) is 7.69. The molecule has 0 radical (unpaired) electrons. The molecule has 0 bridgehead atoms. The van der Waals surface area contributed by atoms with Gasteiger partial charge in [0, 0.05) is 48.8 Å². The lowest BCUT2D eigenvalue weighted by Gasteiger charge is -2.33. The van der Waals surface area contributed by atoms with Gasteiger partial charge in [-0.15, -0.1) is 0 Å². The lowest BCUT2D eigenvalue weighted by molar-refractivity contribution is -0.128. The average Bonchev–Trinajstić information content (AvgIpc) is 2.74. The van der Waals surface area contributed by atoms with Crippen LogP contribution in [0.2, 0.25) is 10.0 Å². The summed E-state index contributed by atoms with van der Waals surface area (Å²) in [6, 6.07) is 14.9. The summed E-state index contributed by atoms with van der Waals surface area (Å²) in [6.07, 6.45) is 3.19. The van der Waals surface area contributed by atoms with E-state index in [1.807, 2.05) is 30.3 Å². The van der Waals surface area contributed by atoms with Gasteiger partial charge in [-0.1, -0.05) is 53.5 Å². The molecule has 0 spiro atoms. The molecule has 0 unspecified atom stereocenters. The number of nitrogens with one attached hydrogen (secondary N) is 1. The number of amides is 2. The minimum atomic E-state index is -0.0748. The van der Waals surface area contributed by atoms with Gasteiger partial charge in [0.25, 0.3) is 0 Å². The lowest BCUT2D eigenvalue weighted by atomic mass is 10.2. The van der Waals surface area contributed by atoms with Gasteiger partial charge in [-0.2, -0.15) is 0 Å². The number of carbonyl (C=O) groups is 2. The van der Waals surface area contributed by atoms with E-state index < -0.39 is 0 Å². The summed E-state index contributed by atoms with van der Waals surface area (Å²) in [5.41, 5.74) is 1.78. The van der Waals surface area contributed by atoms with E-state index in [2.05, 4.69) is 10.2 Å². The van der Waals surface area contributed by atoms with E-state index >= 15 is 0 Å². The highest BCUT2D eigenvalue weighted by Crippen LogP contribution is 2.21. The highest BCUT2D eigenvalue weighted by atomic mass is 35.5.